The normalized spacial score (nSPS) is 29.7. The van der Waals surface area contributed by atoms with Gasteiger partial charge in [0.1, 0.15) is 24.4 Å². The van der Waals surface area contributed by atoms with Gasteiger partial charge in [0.2, 0.25) is 5.82 Å². The van der Waals surface area contributed by atoms with Gasteiger partial charge < -0.3 is 30.5 Å². The van der Waals surface area contributed by atoms with Crippen LogP contribution in [-0.2, 0) is 13.8 Å². The van der Waals surface area contributed by atoms with Crippen molar-refractivity contribution in [2.45, 2.75) is 24.4 Å². The average molecular weight is 324 g/mol. The maximum absolute atomic E-state index is 10.9. The van der Waals surface area contributed by atoms with Crippen LogP contribution in [0.1, 0.15) is 22.5 Å². The Bertz CT molecular complexity index is 572. The maximum Gasteiger partial charge on any atom is 0.469 e. The van der Waals surface area contributed by atoms with Crippen LogP contribution in [0.5, 0.6) is 0 Å². The molecule has 0 aliphatic carbocycles. The van der Waals surface area contributed by atoms with E-state index >= 15 is 0 Å². The molecule has 2 heterocycles. The summed E-state index contributed by atoms with van der Waals surface area (Å²) in [4.78, 5) is 31.7. The lowest BCUT2D eigenvalue weighted by molar-refractivity contribution is -0.0247. The van der Waals surface area contributed by atoms with Crippen molar-refractivity contribution < 1.29 is 38.6 Å². The third kappa shape index (κ3) is 3.63. The number of aromatic amines is 1. The van der Waals surface area contributed by atoms with Gasteiger partial charge in [0.15, 0.2) is 5.82 Å². The monoisotopic (exact) mass is 324 g/mol. The molecule has 0 aromatic carbocycles. The molecule has 1 saturated heterocycles. The number of rotatable bonds is 5. The van der Waals surface area contributed by atoms with Crippen LogP contribution < -0.4 is 5.73 Å². The van der Waals surface area contributed by atoms with Crippen molar-refractivity contribution in [2.75, 3.05) is 6.61 Å². The molecule has 2 rings (SSSR count). The molecule has 0 spiro atoms. The molecular weight excluding hydrogens is 311 g/mol. The van der Waals surface area contributed by atoms with Crippen LogP contribution in [0.3, 0.4) is 0 Å². The highest BCUT2D eigenvalue weighted by molar-refractivity contribution is 7.46. The number of primary amides is 1. The molecule has 0 bridgehead atoms. The molecule has 118 valence electrons. The highest BCUT2D eigenvalue weighted by Gasteiger charge is 2.45. The van der Waals surface area contributed by atoms with Gasteiger partial charge in [0.05, 0.1) is 6.61 Å². The van der Waals surface area contributed by atoms with Crippen molar-refractivity contribution in [3.63, 3.8) is 0 Å². The lowest BCUT2D eigenvalue weighted by Gasteiger charge is -2.14. The number of amides is 1. The zero-order valence-corrected chi connectivity index (χ0v) is 11.3. The summed E-state index contributed by atoms with van der Waals surface area (Å²) in [6.45, 7) is -0.643. The molecule has 1 aliphatic rings. The molecule has 4 atom stereocenters. The van der Waals surface area contributed by atoms with E-state index in [9.17, 15) is 19.6 Å². The first-order chi connectivity index (χ1) is 9.69. The number of aromatic nitrogens is 3. The van der Waals surface area contributed by atoms with E-state index in [2.05, 4.69) is 19.7 Å². The Kier molecular flexibility index (Phi) is 4.39. The number of hydrogen-bond donors (Lipinski definition) is 6. The quantitative estimate of drug-likeness (QED) is 0.306. The highest BCUT2D eigenvalue weighted by Crippen LogP contribution is 2.38. The number of phosphoric acid groups is 1. The third-order valence-electron chi connectivity index (χ3n) is 2.76. The van der Waals surface area contributed by atoms with Crippen LogP contribution in [-0.4, -0.2) is 66.0 Å². The van der Waals surface area contributed by atoms with Crippen molar-refractivity contribution in [1.82, 2.24) is 15.2 Å². The molecule has 1 aliphatic heterocycles. The van der Waals surface area contributed by atoms with Crippen LogP contribution in [0.15, 0.2) is 0 Å². The van der Waals surface area contributed by atoms with Crippen LogP contribution in [0, 0.1) is 0 Å². The van der Waals surface area contributed by atoms with Gasteiger partial charge in [-0.15, -0.1) is 5.10 Å². The number of H-pyrrole nitrogens is 1. The number of nitrogens with two attached hydrogens (primary N) is 1. The smallest absolute Gasteiger partial charge is 0.387 e. The van der Waals surface area contributed by atoms with E-state index in [4.69, 9.17) is 20.3 Å². The van der Waals surface area contributed by atoms with Gasteiger partial charge in [-0.05, 0) is 0 Å². The fourth-order valence-electron chi connectivity index (χ4n) is 1.79. The first-order valence-electron chi connectivity index (χ1n) is 5.63. The highest BCUT2D eigenvalue weighted by atomic mass is 31.2. The number of aliphatic hydroxyl groups is 2. The maximum atomic E-state index is 10.9. The summed E-state index contributed by atoms with van der Waals surface area (Å²) in [7, 11) is -4.73. The van der Waals surface area contributed by atoms with Crippen molar-refractivity contribution in [3.05, 3.63) is 11.6 Å². The summed E-state index contributed by atoms with van der Waals surface area (Å²) in [5.74, 6) is -1.29. The van der Waals surface area contributed by atoms with Gasteiger partial charge in [-0.2, -0.15) is 0 Å². The standard InChI is InChI=1S/C8H13N4O8P/c9-6(15)8-10-7(11-12-8)5-4(14)3(13)2(20-5)1-19-21(16,17)18/h2-5,13-14H,1H2,(H2,9,15)(H,10,11,12)(H2,16,17,18)/t2-,3-,4+,5-/m1/s1. The van der Waals surface area contributed by atoms with E-state index in [0.29, 0.717) is 0 Å². The SMILES string of the molecule is NC(=O)c1n[nH]c([C@@H]2O[C@H](COP(=O)(O)O)[C@@H](O)[C@@H]2O)n1. The second kappa shape index (κ2) is 5.77. The molecule has 12 nitrogen and oxygen atoms in total. The first kappa shape index (κ1) is 16.0. The van der Waals surface area contributed by atoms with E-state index in [1.807, 2.05) is 0 Å². The minimum absolute atomic E-state index is 0.0611. The second-order valence-corrected chi connectivity index (χ2v) is 5.51. The molecular formula is C8H13N4O8P. The van der Waals surface area contributed by atoms with Crippen LogP contribution in [0.25, 0.3) is 0 Å². The number of carbonyl (C=O) groups is 1. The predicted molar refractivity (Wildman–Crippen MR) is 62.5 cm³/mol. The van der Waals surface area contributed by atoms with Crippen molar-refractivity contribution in [3.8, 4) is 0 Å². The molecule has 7 N–H and O–H groups in total. The Balaban J connectivity index is 2.08. The van der Waals surface area contributed by atoms with Gasteiger partial charge in [0, 0.05) is 0 Å². The minimum atomic E-state index is -4.73. The predicted octanol–water partition coefficient (Wildman–Crippen LogP) is -2.83. The lowest BCUT2D eigenvalue weighted by atomic mass is 10.1. The summed E-state index contributed by atoms with van der Waals surface area (Å²) < 4.78 is 20.0. The molecule has 0 saturated carbocycles. The summed E-state index contributed by atoms with van der Waals surface area (Å²) in [5, 5.41) is 25.4. The number of nitrogens with one attached hydrogen (secondary N) is 1. The Hall–Kier alpha value is -1.40. The van der Waals surface area contributed by atoms with E-state index in [-0.39, 0.29) is 11.6 Å². The Labute approximate surface area is 117 Å². The van der Waals surface area contributed by atoms with Gasteiger partial charge in [-0.3, -0.25) is 14.4 Å². The molecule has 0 unspecified atom stereocenters. The van der Waals surface area contributed by atoms with Crippen molar-refractivity contribution in [1.29, 1.82) is 0 Å². The van der Waals surface area contributed by atoms with Crippen LogP contribution in [0.4, 0.5) is 0 Å². The molecule has 1 aromatic heterocycles. The van der Waals surface area contributed by atoms with Crippen LogP contribution >= 0.6 is 7.82 Å². The third-order valence-corrected chi connectivity index (χ3v) is 3.25. The summed E-state index contributed by atoms with van der Waals surface area (Å²) >= 11 is 0. The number of aliphatic hydroxyl groups excluding tert-OH is 2. The molecule has 1 fully saturated rings. The minimum Gasteiger partial charge on any atom is -0.387 e. The van der Waals surface area contributed by atoms with E-state index < -0.39 is 44.8 Å². The lowest BCUT2D eigenvalue weighted by Crippen LogP contribution is -2.33. The van der Waals surface area contributed by atoms with Crippen molar-refractivity contribution >= 4 is 13.7 Å². The summed E-state index contributed by atoms with van der Waals surface area (Å²) in [5.41, 5.74) is 4.97. The summed E-state index contributed by atoms with van der Waals surface area (Å²) in [6, 6.07) is 0. The number of nitrogens with zero attached hydrogens (tertiary/aromatic N) is 2. The fraction of sp³-hybridized carbons (Fsp3) is 0.625. The fourth-order valence-corrected chi connectivity index (χ4v) is 2.14. The number of phosphoric ester groups is 1. The van der Waals surface area contributed by atoms with Crippen LogP contribution in [0.2, 0.25) is 0 Å². The molecule has 1 aromatic rings. The summed E-state index contributed by atoms with van der Waals surface area (Å²) in [6.07, 6.45) is -5.29. The van der Waals surface area contributed by atoms with Gasteiger partial charge >= 0.3 is 7.82 Å². The Morgan fingerprint density at radius 1 is 1.43 bits per heavy atom. The van der Waals surface area contributed by atoms with Gasteiger partial charge in [-0.25, -0.2) is 9.55 Å². The topological polar surface area (TPSA) is 201 Å². The zero-order chi connectivity index (χ0) is 15.8. The molecule has 1 amide bonds. The number of carbonyl (C=O) groups excluding carboxylic acids is 1. The number of ether oxygens (including phenoxy) is 1. The molecule has 0 radical (unpaired) electrons. The largest absolute Gasteiger partial charge is 0.469 e. The van der Waals surface area contributed by atoms with E-state index in [1.165, 1.54) is 0 Å². The second-order valence-electron chi connectivity index (χ2n) is 4.27. The first-order valence-corrected chi connectivity index (χ1v) is 7.16. The van der Waals surface area contributed by atoms with E-state index in [1.54, 1.807) is 0 Å². The zero-order valence-electron chi connectivity index (χ0n) is 10.4. The van der Waals surface area contributed by atoms with Crippen molar-refractivity contribution in [2.24, 2.45) is 5.73 Å². The Morgan fingerprint density at radius 3 is 2.62 bits per heavy atom. The molecule has 13 heteroatoms. The number of hydrogen-bond acceptors (Lipinski definition) is 8. The van der Waals surface area contributed by atoms with Gasteiger partial charge in [0.25, 0.3) is 5.91 Å². The van der Waals surface area contributed by atoms with E-state index in [0.717, 1.165) is 0 Å². The average Bonchev–Trinajstić information content (AvgIpc) is 2.94. The Morgan fingerprint density at radius 2 is 2.10 bits per heavy atom. The van der Waals surface area contributed by atoms with Gasteiger partial charge in [-0.1, -0.05) is 0 Å². The molecule has 21 heavy (non-hydrogen) atoms.